The quantitative estimate of drug-likeness (QED) is 0.235. The molecule has 2 amide bonds. The van der Waals surface area contributed by atoms with E-state index < -0.39 is 23.2 Å². The Morgan fingerprint density at radius 1 is 1.57 bits per heavy atom. The maximum Gasteiger partial charge on any atom is 0.352 e. The van der Waals surface area contributed by atoms with Gasteiger partial charge in [0.1, 0.15) is 18.5 Å². The van der Waals surface area contributed by atoms with Crippen molar-refractivity contribution in [1.82, 2.24) is 15.2 Å². The highest BCUT2D eigenvalue weighted by Gasteiger charge is 2.55. The van der Waals surface area contributed by atoms with Gasteiger partial charge in [-0.2, -0.15) is 0 Å². The van der Waals surface area contributed by atoms with Crippen LogP contribution >= 0.6 is 34.9 Å². The molecule has 2 aliphatic heterocycles. The molecule has 0 saturated carbocycles. The molecule has 0 radical (unpaired) electrons. The minimum absolute atomic E-state index is 0.0178. The molecule has 1 fully saturated rings. The molecular weight excluding hydrogens is 426 g/mol. The Kier molecular flexibility index (Phi) is 6.15. The number of aliphatic carboxylic acids is 1. The van der Waals surface area contributed by atoms with Crippen LogP contribution in [0.25, 0.3) is 0 Å². The molecule has 0 aliphatic carbocycles. The number of carboxylic acid groups (broad SMARTS) is 1. The van der Waals surface area contributed by atoms with E-state index >= 15 is 0 Å². The number of carbonyl (C=O) groups excluding carboxylic acids is 2. The van der Waals surface area contributed by atoms with Crippen molar-refractivity contribution in [3.63, 3.8) is 0 Å². The molecule has 3 rings (SSSR count). The lowest BCUT2D eigenvalue weighted by atomic mass is 9.96. The summed E-state index contributed by atoms with van der Waals surface area (Å²) in [6.45, 7) is 0. The van der Waals surface area contributed by atoms with Crippen molar-refractivity contribution in [3.8, 4) is 0 Å². The van der Waals surface area contributed by atoms with Gasteiger partial charge in [-0.3, -0.25) is 14.5 Å². The van der Waals surface area contributed by atoms with Gasteiger partial charge in [0, 0.05) is 11.1 Å². The highest BCUT2D eigenvalue weighted by molar-refractivity contribution is 8.00. The third kappa shape index (κ3) is 3.69. The zero-order valence-corrected chi connectivity index (χ0v) is 17.3. The highest BCUT2D eigenvalue weighted by Crippen LogP contribution is 2.44. The monoisotopic (exact) mass is 443 g/mol. The molecule has 1 aromatic heterocycles. The maximum atomic E-state index is 12.7. The van der Waals surface area contributed by atoms with Crippen LogP contribution in [0.4, 0.5) is 5.13 Å². The van der Waals surface area contributed by atoms with Gasteiger partial charge >= 0.3 is 5.97 Å². The maximum absolute atomic E-state index is 12.7. The van der Waals surface area contributed by atoms with Gasteiger partial charge in [0.25, 0.3) is 5.91 Å². The van der Waals surface area contributed by atoms with E-state index in [1.54, 1.807) is 11.6 Å². The number of nitrogens with two attached hydrogens (primary N) is 1. The molecule has 0 bridgehead atoms. The molecule has 2 unspecified atom stereocenters. The highest BCUT2D eigenvalue weighted by atomic mass is 32.2. The summed E-state index contributed by atoms with van der Waals surface area (Å²) in [5, 5.41) is 16.7. The number of nitrogens with one attached hydrogen (secondary N) is 1. The minimum Gasteiger partial charge on any atom is -0.477 e. The van der Waals surface area contributed by atoms with Gasteiger partial charge < -0.3 is 21.0 Å². The van der Waals surface area contributed by atoms with E-state index in [-0.39, 0.29) is 33.5 Å². The summed E-state index contributed by atoms with van der Waals surface area (Å²) in [7, 11) is 1.31. The van der Waals surface area contributed by atoms with Crippen LogP contribution in [0.2, 0.25) is 0 Å². The summed E-state index contributed by atoms with van der Waals surface area (Å²) < 4.78 is 0. The average Bonchev–Trinajstić information content (AvgIpc) is 3.10. The summed E-state index contributed by atoms with van der Waals surface area (Å²) in [6, 6.07) is 0. The number of amides is 2. The molecule has 0 spiro atoms. The van der Waals surface area contributed by atoms with Gasteiger partial charge in [0.15, 0.2) is 10.8 Å². The SMILES string of the molecule is CON=C(C(=O)NC(SC)C1C(=O)N2C(C(=O)O)=CCS[C@@H]12)c1csc(N)n1. The van der Waals surface area contributed by atoms with Gasteiger partial charge in [-0.25, -0.2) is 9.78 Å². The largest absolute Gasteiger partial charge is 0.477 e. The molecule has 28 heavy (non-hydrogen) atoms. The topological polar surface area (TPSA) is 147 Å². The smallest absolute Gasteiger partial charge is 0.352 e. The lowest BCUT2D eigenvalue weighted by Gasteiger charge is -2.50. The van der Waals surface area contributed by atoms with Crippen molar-refractivity contribution in [3.05, 3.63) is 22.8 Å². The number of thioether (sulfide) groups is 2. The predicted octanol–water partition coefficient (Wildman–Crippen LogP) is 0.381. The number of fused-ring (bicyclic) bond motifs is 1. The van der Waals surface area contributed by atoms with E-state index in [4.69, 9.17) is 10.6 Å². The van der Waals surface area contributed by atoms with E-state index in [0.717, 1.165) is 11.3 Å². The van der Waals surface area contributed by atoms with Crippen LogP contribution in [-0.4, -0.2) is 68.4 Å². The number of rotatable bonds is 7. The Morgan fingerprint density at radius 2 is 2.32 bits per heavy atom. The number of thiazole rings is 1. The van der Waals surface area contributed by atoms with E-state index in [1.165, 1.54) is 41.6 Å². The first-order valence-corrected chi connectivity index (χ1v) is 11.1. The summed E-state index contributed by atoms with van der Waals surface area (Å²) in [5.41, 5.74) is 5.81. The van der Waals surface area contributed by atoms with Gasteiger partial charge in [-0.15, -0.1) is 34.9 Å². The fraction of sp³-hybridized carbons (Fsp3) is 0.400. The molecule has 0 aromatic carbocycles. The van der Waals surface area contributed by atoms with Crippen LogP contribution in [0.1, 0.15) is 5.69 Å². The Labute approximate surface area is 172 Å². The first kappa shape index (κ1) is 20.5. The molecule has 1 saturated heterocycles. The van der Waals surface area contributed by atoms with Crippen molar-refractivity contribution in [1.29, 1.82) is 0 Å². The molecule has 1 aromatic rings. The zero-order valence-electron chi connectivity index (χ0n) is 14.8. The zero-order chi connectivity index (χ0) is 20.4. The Hall–Kier alpha value is -2.25. The fourth-order valence-electron chi connectivity index (χ4n) is 2.90. The Morgan fingerprint density at radius 3 is 2.89 bits per heavy atom. The standard InChI is InChI=1S/C15H17N5O5S3/c1-25-19-9(6-5-28-15(16)17-6)10(21)18-11(26-2)8-12(22)20-7(14(23)24)3-4-27-13(8)20/h3,5,8,11,13H,4H2,1-2H3,(H2,16,17)(H,18,21)(H,23,24)/t8?,11?,13-/m0/s1. The number of hydrogen-bond acceptors (Lipinski definition) is 10. The number of carbonyl (C=O) groups is 3. The van der Waals surface area contributed by atoms with Crippen molar-refractivity contribution >= 4 is 63.5 Å². The van der Waals surface area contributed by atoms with Gasteiger partial charge in [-0.1, -0.05) is 5.16 Å². The average molecular weight is 444 g/mol. The van der Waals surface area contributed by atoms with E-state index in [0.29, 0.717) is 5.75 Å². The summed E-state index contributed by atoms with van der Waals surface area (Å²) >= 11 is 3.90. The van der Waals surface area contributed by atoms with Gasteiger partial charge in [0.2, 0.25) is 5.91 Å². The predicted molar refractivity (Wildman–Crippen MR) is 108 cm³/mol. The lowest BCUT2D eigenvalue weighted by Crippen LogP contribution is -2.66. The second kappa shape index (κ2) is 8.41. The normalized spacial score (nSPS) is 22.6. The van der Waals surface area contributed by atoms with Crippen LogP contribution in [0.5, 0.6) is 0 Å². The van der Waals surface area contributed by atoms with Crippen LogP contribution in [0.15, 0.2) is 22.3 Å². The molecular formula is C15H17N5O5S3. The molecule has 10 nitrogen and oxygen atoms in total. The molecule has 4 N–H and O–H groups in total. The number of nitrogen functional groups attached to an aromatic ring is 1. The fourth-order valence-corrected chi connectivity index (χ4v) is 5.63. The van der Waals surface area contributed by atoms with Gasteiger partial charge in [-0.05, 0) is 12.3 Å². The number of carboxylic acids is 1. The Bertz CT molecular complexity index is 870. The first-order valence-electron chi connectivity index (χ1n) is 7.93. The third-order valence-electron chi connectivity index (χ3n) is 4.12. The second-order valence-electron chi connectivity index (χ2n) is 5.68. The molecule has 3 heterocycles. The first-order chi connectivity index (χ1) is 13.4. The molecule has 150 valence electrons. The second-order valence-corrected chi connectivity index (χ2v) is 8.69. The summed E-state index contributed by atoms with van der Waals surface area (Å²) in [6.07, 6.45) is 3.27. The number of aromatic nitrogens is 1. The van der Waals surface area contributed by atoms with Crippen LogP contribution in [0, 0.1) is 5.92 Å². The number of β-lactam (4-membered cyclic amide) rings is 1. The van der Waals surface area contributed by atoms with Crippen LogP contribution in [-0.2, 0) is 19.2 Å². The number of anilines is 1. The number of hydrogen-bond donors (Lipinski definition) is 3. The van der Waals surface area contributed by atoms with Crippen molar-refractivity contribution < 1.29 is 24.3 Å². The van der Waals surface area contributed by atoms with Crippen LogP contribution < -0.4 is 11.1 Å². The lowest BCUT2D eigenvalue weighted by molar-refractivity contribution is -0.152. The number of nitrogens with zero attached hydrogens (tertiary/aromatic N) is 3. The summed E-state index contributed by atoms with van der Waals surface area (Å²) in [5.74, 6) is -2.12. The van der Waals surface area contributed by atoms with E-state index in [9.17, 15) is 19.5 Å². The van der Waals surface area contributed by atoms with Crippen molar-refractivity contribution in [2.24, 2.45) is 11.1 Å². The van der Waals surface area contributed by atoms with Crippen molar-refractivity contribution in [2.45, 2.75) is 10.7 Å². The number of oxime groups is 1. The molecule has 3 atom stereocenters. The third-order valence-corrected chi connectivity index (χ3v) is 6.92. The Balaban J connectivity index is 1.76. The van der Waals surface area contributed by atoms with Crippen LogP contribution in [0.3, 0.4) is 0 Å². The van der Waals surface area contributed by atoms with E-state index in [1.807, 2.05) is 0 Å². The summed E-state index contributed by atoms with van der Waals surface area (Å²) in [4.78, 5) is 46.8. The van der Waals surface area contributed by atoms with E-state index in [2.05, 4.69) is 15.5 Å². The minimum atomic E-state index is -1.14. The van der Waals surface area contributed by atoms with Gasteiger partial charge in [0.05, 0.1) is 16.7 Å². The van der Waals surface area contributed by atoms with Crippen molar-refractivity contribution in [2.75, 3.05) is 24.9 Å². The molecule has 13 heteroatoms. The molecule has 2 aliphatic rings.